The second-order valence-electron chi connectivity index (χ2n) is 4.19. The van der Waals surface area contributed by atoms with Crippen molar-refractivity contribution in [1.82, 2.24) is 0 Å². The average molecular weight is 216 g/mol. The summed E-state index contributed by atoms with van der Waals surface area (Å²) >= 11 is 0. The minimum absolute atomic E-state index is 0.269. The van der Waals surface area contributed by atoms with E-state index in [-0.39, 0.29) is 6.10 Å². The molecule has 1 heterocycles. The van der Waals surface area contributed by atoms with Crippen LogP contribution in [0.2, 0.25) is 0 Å². The van der Waals surface area contributed by atoms with Gasteiger partial charge < -0.3 is 19.0 Å². The first-order chi connectivity index (χ1) is 7.09. The summed E-state index contributed by atoms with van der Waals surface area (Å²) in [5.74, 6) is -0.597. The summed E-state index contributed by atoms with van der Waals surface area (Å²) in [7, 11) is 0. The van der Waals surface area contributed by atoms with Crippen LogP contribution in [0.15, 0.2) is 0 Å². The van der Waals surface area contributed by atoms with E-state index >= 15 is 0 Å². The van der Waals surface area contributed by atoms with Gasteiger partial charge in [-0.25, -0.2) is 0 Å². The van der Waals surface area contributed by atoms with Crippen LogP contribution in [0.1, 0.15) is 33.6 Å². The summed E-state index contributed by atoms with van der Waals surface area (Å²) < 4.78 is 16.4. The fraction of sp³-hybridized carbons (Fsp3) is 0.909. The molecule has 0 aliphatic carbocycles. The fourth-order valence-corrected chi connectivity index (χ4v) is 1.48. The Bertz CT molecular complexity index is 203. The highest BCUT2D eigenvalue weighted by Gasteiger charge is 2.37. The van der Waals surface area contributed by atoms with Crippen LogP contribution in [0, 0.1) is 0 Å². The molecule has 1 saturated heterocycles. The smallest absolute Gasteiger partial charge is 0.163 e. The predicted octanol–water partition coefficient (Wildman–Crippen LogP) is 1.52. The fourth-order valence-electron chi connectivity index (χ4n) is 1.48. The summed E-state index contributed by atoms with van der Waals surface area (Å²) in [5, 5.41) is 0. The zero-order valence-corrected chi connectivity index (χ0v) is 9.69. The van der Waals surface area contributed by atoms with E-state index in [0.717, 1.165) is 19.1 Å². The third-order valence-electron chi connectivity index (χ3n) is 2.34. The quantitative estimate of drug-likeness (QED) is 0.499. The molecule has 0 saturated carbocycles. The van der Waals surface area contributed by atoms with Gasteiger partial charge in [-0.2, -0.15) is 0 Å². The van der Waals surface area contributed by atoms with Gasteiger partial charge in [0, 0.05) is 6.61 Å². The van der Waals surface area contributed by atoms with Crippen LogP contribution in [0.3, 0.4) is 0 Å². The predicted molar refractivity (Wildman–Crippen MR) is 55.6 cm³/mol. The third kappa shape index (κ3) is 3.89. The third-order valence-corrected chi connectivity index (χ3v) is 2.34. The molecule has 4 nitrogen and oxygen atoms in total. The van der Waals surface area contributed by atoms with E-state index in [1.165, 1.54) is 0 Å². The van der Waals surface area contributed by atoms with Crippen molar-refractivity contribution in [1.29, 1.82) is 0 Å². The highest BCUT2D eigenvalue weighted by molar-refractivity contribution is 5.57. The van der Waals surface area contributed by atoms with Gasteiger partial charge in [-0.3, -0.25) is 0 Å². The van der Waals surface area contributed by atoms with Gasteiger partial charge >= 0.3 is 0 Å². The van der Waals surface area contributed by atoms with Gasteiger partial charge in [0.15, 0.2) is 12.1 Å². The van der Waals surface area contributed by atoms with Gasteiger partial charge in [-0.15, -0.1) is 0 Å². The monoisotopic (exact) mass is 216 g/mol. The number of carbonyl (C=O) groups is 1. The minimum Gasteiger partial charge on any atom is -0.368 e. The maximum atomic E-state index is 10.8. The molecular weight excluding hydrogens is 196 g/mol. The minimum atomic E-state index is -0.597. The van der Waals surface area contributed by atoms with E-state index in [1.54, 1.807) is 0 Å². The van der Waals surface area contributed by atoms with Crippen molar-refractivity contribution in [3.63, 3.8) is 0 Å². The number of unbranched alkanes of at least 4 members (excludes halogenated alkanes) is 1. The maximum Gasteiger partial charge on any atom is 0.163 e. The van der Waals surface area contributed by atoms with Crippen molar-refractivity contribution in [3.05, 3.63) is 0 Å². The number of rotatable bonds is 6. The van der Waals surface area contributed by atoms with Crippen LogP contribution in [-0.2, 0) is 19.0 Å². The van der Waals surface area contributed by atoms with Gasteiger partial charge in [0.05, 0.1) is 6.61 Å². The molecule has 0 radical (unpaired) electrons. The molecule has 88 valence electrons. The largest absolute Gasteiger partial charge is 0.368 e. The number of carbonyl (C=O) groups excluding carboxylic acids is 1. The van der Waals surface area contributed by atoms with Gasteiger partial charge in [0.25, 0.3) is 0 Å². The lowest BCUT2D eigenvalue weighted by Crippen LogP contribution is -2.34. The van der Waals surface area contributed by atoms with Crippen molar-refractivity contribution in [2.45, 2.75) is 51.6 Å². The lowest BCUT2D eigenvalue weighted by atomic mass is 10.2. The molecule has 0 N–H and O–H groups in total. The van der Waals surface area contributed by atoms with Crippen LogP contribution in [-0.4, -0.2) is 37.5 Å². The molecule has 1 unspecified atom stereocenters. The van der Waals surface area contributed by atoms with Gasteiger partial charge in [-0.1, -0.05) is 13.3 Å². The molecular formula is C11H20O4. The van der Waals surface area contributed by atoms with Gasteiger partial charge in [-0.05, 0) is 20.3 Å². The molecule has 1 aliphatic heterocycles. The molecule has 0 aromatic heterocycles. The number of hydrogen-bond donors (Lipinski definition) is 0. The molecule has 2 atom stereocenters. The van der Waals surface area contributed by atoms with Crippen LogP contribution in [0.25, 0.3) is 0 Å². The number of ether oxygens (including phenoxy) is 3. The van der Waals surface area contributed by atoms with Crippen molar-refractivity contribution in [3.8, 4) is 0 Å². The second kappa shape index (κ2) is 5.58. The summed E-state index contributed by atoms with van der Waals surface area (Å²) in [5.41, 5.74) is 0. The zero-order valence-electron chi connectivity index (χ0n) is 9.69. The van der Waals surface area contributed by atoms with Crippen molar-refractivity contribution in [2.24, 2.45) is 0 Å². The Morgan fingerprint density at radius 3 is 2.80 bits per heavy atom. The lowest BCUT2D eigenvalue weighted by molar-refractivity contribution is -0.158. The Labute approximate surface area is 90.9 Å². The molecule has 0 aromatic rings. The van der Waals surface area contributed by atoms with E-state index < -0.39 is 11.9 Å². The first kappa shape index (κ1) is 12.6. The van der Waals surface area contributed by atoms with Crippen molar-refractivity contribution in [2.75, 3.05) is 13.2 Å². The van der Waals surface area contributed by atoms with E-state index in [9.17, 15) is 4.79 Å². The van der Waals surface area contributed by atoms with Crippen molar-refractivity contribution >= 4 is 6.29 Å². The van der Waals surface area contributed by atoms with Crippen LogP contribution >= 0.6 is 0 Å². The zero-order chi connectivity index (χ0) is 11.3. The SMILES string of the molecule is CCCCOC(C=O)[C@H]1COC(C)(C)O1. The molecule has 1 fully saturated rings. The van der Waals surface area contributed by atoms with Crippen LogP contribution in [0.4, 0.5) is 0 Å². The van der Waals surface area contributed by atoms with E-state index in [1.807, 2.05) is 13.8 Å². The van der Waals surface area contributed by atoms with Crippen LogP contribution < -0.4 is 0 Å². The van der Waals surface area contributed by atoms with E-state index in [2.05, 4.69) is 6.92 Å². The molecule has 0 aromatic carbocycles. The van der Waals surface area contributed by atoms with E-state index in [0.29, 0.717) is 13.2 Å². The van der Waals surface area contributed by atoms with Crippen molar-refractivity contribution < 1.29 is 19.0 Å². The van der Waals surface area contributed by atoms with Crippen LogP contribution in [0.5, 0.6) is 0 Å². The molecule has 1 aliphatic rings. The Kier molecular flexibility index (Phi) is 4.70. The summed E-state index contributed by atoms with van der Waals surface area (Å²) in [6.07, 6.45) is 2.04. The molecule has 0 spiro atoms. The summed E-state index contributed by atoms with van der Waals surface area (Å²) in [4.78, 5) is 10.8. The highest BCUT2D eigenvalue weighted by Crippen LogP contribution is 2.24. The normalized spacial score (nSPS) is 26.5. The summed E-state index contributed by atoms with van der Waals surface area (Å²) in [6, 6.07) is 0. The van der Waals surface area contributed by atoms with Gasteiger partial charge in [0.2, 0.25) is 0 Å². The second-order valence-corrected chi connectivity index (χ2v) is 4.19. The van der Waals surface area contributed by atoms with Gasteiger partial charge in [0.1, 0.15) is 12.2 Å². The Morgan fingerprint density at radius 2 is 2.33 bits per heavy atom. The lowest BCUT2D eigenvalue weighted by Gasteiger charge is -2.20. The topological polar surface area (TPSA) is 44.8 Å². The molecule has 0 amide bonds. The molecule has 0 bridgehead atoms. The highest BCUT2D eigenvalue weighted by atomic mass is 16.7. The molecule has 1 rings (SSSR count). The number of hydrogen-bond acceptors (Lipinski definition) is 4. The molecule has 15 heavy (non-hydrogen) atoms. The Balaban J connectivity index is 2.35. The first-order valence-corrected chi connectivity index (χ1v) is 5.47. The maximum absolute atomic E-state index is 10.8. The first-order valence-electron chi connectivity index (χ1n) is 5.47. The number of aldehydes is 1. The molecule has 4 heteroatoms. The summed E-state index contributed by atoms with van der Waals surface area (Å²) in [6.45, 7) is 6.77. The average Bonchev–Trinajstić information content (AvgIpc) is 2.54. The van der Waals surface area contributed by atoms with E-state index in [4.69, 9.17) is 14.2 Å². The Morgan fingerprint density at radius 1 is 1.60 bits per heavy atom. The Hall–Kier alpha value is -0.450. The standard InChI is InChI=1S/C11H20O4/c1-4-5-6-13-9(7-12)10-8-14-11(2,3)15-10/h7,9-10H,4-6,8H2,1-3H3/t9?,10-/m1/s1.